The second kappa shape index (κ2) is 8.75. The van der Waals surface area contributed by atoms with Crippen molar-refractivity contribution in [3.63, 3.8) is 0 Å². The Balaban J connectivity index is 1.67. The molecule has 2 amide bonds. The maximum Gasteiger partial charge on any atom is 0.273 e. The van der Waals surface area contributed by atoms with Crippen LogP contribution < -0.4 is 10.6 Å². The van der Waals surface area contributed by atoms with E-state index in [4.69, 9.17) is 0 Å². The van der Waals surface area contributed by atoms with Gasteiger partial charge < -0.3 is 10.6 Å². The molecule has 0 saturated heterocycles. The van der Waals surface area contributed by atoms with E-state index in [0.717, 1.165) is 5.56 Å². The van der Waals surface area contributed by atoms with Gasteiger partial charge in [0.1, 0.15) is 0 Å². The maximum atomic E-state index is 12.5. The molecule has 0 atom stereocenters. The summed E-state index contributed by atoms with van der Waals surface area (Å²) in [6.07, 6.45) is 3.08. The lowest BCUT2D eigenvalue weighted by molar-refractivity contribution is -0.385. The zero-order valence-corrected chi connectivity index (χ0v) is 15.6. The minimum Gasteiger partial charge on any atom is -0.348 e. The molecular weight excluding hydrogens is 372 g/mol. The zero-order valence-electron chi connectivity index (χ0n) is 15.6. The molecule has 0 bridgehead atoms. The highest BCUT2D eigenvalue weighted by Gasteiger charge is 2.17. The van der Waals surface area contributed by atoms with Crippen LogP contribution in [0.1, 0.15) is 31.8 Å². The first-order valence-electron chi connectivity index (χ1n) is 8.78. The number of hydrogen-bond acceptors (Lipinski definition) is 5. The van der Waals surface area contributed by atoms with Crippen molar-refractivity contribution in [2.24, 2.45) is 0 Å². The Morgan fingerprint density at radius 3 is 2.48 bits per heavy atom. The van der Waals surface area contributed by atoms with E-state index < -0.39 is 10.8 Å². The Labute approximate surface area is 166 Å². The Hall–Kier alpha value is -4.07. The van der Waals surface area contributed by atoms with Crippen molar-refractivity contribution >= 4 is 23.2 Å². The molecule has 29 heavy (non-hydrogen) atoms. The summed E-state index contributed by atoms with van der Waals surface area (Å²) in [5, 5.41) is 16.6. The Bertz CT molecular complexity index is 1070. The molecule has 0 aliphatic carbocycles. The Kier molecular flexibility index (Phi) is 5.94. The van der Waals surface area contributed by atoms with Crippen LogP contribution in [-0.4, -0.2) is 21.7 Å². The van der Waals surface area contributed by atoms with Gasteiger partial charge in [-0.25, -0.2) is 0 Å². The second-order valence-corrected chi connectivity index (χ2v) is 6.28. The number of carbonyl (C=O) groups excluding carboxylic acids is 2. The van der Waals surface area contributed by atoms with Crippen LogP contribution in [0.2, 0.25) is 0 Å². The van der Waals surface area contributed by atoms with Crippen LogP contribution in [-0.2, 0) is 6.54 Å². The van der Waals surface area contributed by atoms with E-state index in [9.17, 15) is 19.7 Å². The van der Waals surface area contributed by atoms with Crippen LogP contribution in [0.25, 0.3) is 0 Å². The average Bonchev–Trinajstić information content (AvgIpc) is 2.73. The van der Waals surface area contributed by atoms with Gasteiger partial charge in [0.25, 0.3) is 17.5 Å². The fourth-order valence-electron chi connectivity index (χ4n) is 2.81. The van der Waals surface area contributed by atoms with Crippen molar-refractivity contribution in [2.75, 3.05) is 5.32 Å². The van der Waals surface area contributed by atoms with Gasteiger partial charge in [-0.05, 0) is 42.8 Å². The lowest BCUT2D eigenvalue weighted by atomic mass is 10.1. The third-order valence-corrected chi connectivity index (χ3v) is 4.33. The lowest BCUT2D eigenvalue weighted by Crippen LogP contribution is -2.24. The first kappa shape index (κ1) is 19.7. The fourth-order valence-corrected chi connectivity index (χ4v) is 2.81. The quantitative estimate of drug-likeness (QED) is 0.494. The van der Waals surface area contributed by atoms with E-state index in [0.29, 0.717) is 16.8 Å². The summed E-state index contributed by atoms with van der Waals surface area (Å²) >= 11 is 0. The molecule has 0 radical (unpaired) electrons. The number of pyridine rings is 1. The van der Waals surface area contributed by atoms with Crippen LogP contribution in [0.3, 0.4) is 0 Å². The topological polar surface area (TPSA) is 114 Å². The molecule has 8 heteroatoms. The lowest BCUT2D eigenvalue weighted by Gasteiger charge is -2.10. The molecule has 0 saturated carbocycles. The summed E-state index contributed by atoms with van der Waals surface area (Å²) in [4.78, 5) is 39.1. The molecule has 0 aliphatic heterocycles. The minimum atomic E-state index is -0.513. The molecule has 146 valence electrons. The molecule has 0 spiro atoms. The SMILES string of the molecule is Cc1c(C(=O)NCc2cccc(NC(=O)c3ccncc3)c2)cccc1[N+](=O)[O-]. The van der Waals surface area contributed by atoms with Gasteiger partial charge in [-0.1, -0.05) is 18.2 Å². The molecule has 1 aromatic heterocycles. The zero-order chi connectivity index (χ0) is 20.8. The van der Waals surface area contributed by atoms with Gasteiger partial charge >= 0.3 is 0 Å². The number of nitro groups is 1. The van der Waals surface area contributed by atoms with E-state index in [1.807, 2.05) is 6.07 Å². The van der Waals surface area contributed by atoms with Crippen molar-refractivity contribution in [2.45, 2.75) is 13.5 Å². The van der Waals surface area contributed by atoms with Crippen molar-refractivity contribution in [1.29, 1.82) is 0 Å². The highest BCUT2D eigenvalue weighted by molar-refractivity contribution is 6.04. The molecule has 2 N–H and O–H groups in total. The number of amides is 2. The predicted octanol–water partition coefficient (Wildman–Crippen LogP) is 3.48. The third kappa shape index (κ3) is 4.81. The van der Waals surface area contributed by atoms with E-state index in [-0.39, 0.29) is 23.7 Å². The maximum absolute atomic E-state index is 12.5. The predicted molar refractivity (Wildman–Crippen MR) is 108 cm³/mol. The van der Waals surface area contributed by atoms with Crippen LogP contribution in [0.4, 0.5) is 11.4 Å². The van der Waals surface area contributed by atoms with Crippen molar-refractivity contribution in [3.05, 3.63) is 99.4 Å². The van der Waals surface area contributed by atoms with Crippen LogP contribution in [0.15, 0.2) is 67.0 Å². The van der Waals surface area contributed by atoms with Gasteiger partial charge in [-0.3, -0.25) is 24.7 Å². The molecular formula is C21H18N4O4. The summed E-state index contributed by atoms with van der Waals surface area (Å²) in [6.45, 7) is 1.75. The van der Waals surface area contributed by atoms with Gasteiger partial charge in [0.2, 0.25) is 0 Å². The van der Waals surface area contributed by atoms with Gasteiger partial charge in [0, 0.05) is 47.4 Å². The first-order valence-corrected chi connectivity index (χ1v) is 8.78. The highest BCUT2D eigenvalue weighted by atomic mass is 16.6. The summed E-state index contributed by atoms with van der Waals surface area (Å²) in [5.74, 6) is -0.668. The van der Waals surface area contributed by atoms with Gasteiger partial charge in [-0.2, -0.15) is 0 Å². The number of nitrogens with one attached hydrogen (secondary N) is 2. The summed E-state index contributed by atoms with van der Waals surface area (Å²) < 4.78 is 0. The number of hydrogen-bond donors (Lipinski definition) is 2. The minimum absolute atomic E-state index is 0.0986. The van der Waals surface area contributed by atoms with Gasteiger partial charge in [0.05, 0.1) is 4.92 Å². The van der Waals surface area contributed by atoms with E-state index in [1.54, 1.807) is 43.3 Å². The monoisotopic (exact) mass is 390 g/mol. The Morgan fingerprint density at radius 2 is 1.76 bits per heavy atom. The number of anilines is 1. The molecule has 8 nitrogen and oxygen atoms in total. The second-order valence-electron chi connectivity index (χ2n) is 6.28. The molecule has 0 unspecified atom stereocenters. The standard InChI is InChI=1S/C21H18N4O4/c1-14-18(6-3-7-19(14)25(28)29)21(27)23-13-15-4-2-5-17(12-15)24-20(26)16-8-10-22-11-9-16/h2-12H,13H2,1H3,(H,23,27)(H,24,26). The summed E-state index contributed by atoms with van der Waals surface area (Å²) in [6, 6.07) is 14.7. The number of carbonyl (C=O) groups is 2. The molecule has 2 aromatic carbocycles. The number of rotatable bonds is 6. The number of nitrogens with zero attached hydrogens (tertiary/aromatic N) is 2. The third-order valence-electron chi connectivity index (χ3n) is 4.33. The molecule has 0 aliphatic rings. The van der Waals surface area contributed by atoms with E-state index in [1.165, 1.54) is 24.5 Å². The number of benzene rings is 2. The largest absolute Gasteiger partial charge is 0.348 e. The van der Waals surface area contributed by atoms with E-state index in [2.05, 4.69) is 15.6 Å². The number of nitro benzene ring substituents is 1. The van der Waals surface area contributed by atoms with Crippen LogP contribution in [0, 0.1) is 17.0 Å². The fraction of sp³-hybridized carbons (Fsp3) is 0.0952. The van der Waals surface area contributed by atoms with Gasteiger partial charge in [-0.15, -0.1) is 0 Å². The molecule has 1 heterocycles. The van der Waals surface area contributed by atoms with Crippen LogP contribution >= 0.6 is 0 Å². The average molecular weight is 390 g/mol. The van der Waals surface area contributed by atoms with E-state index >= 15 is 0 Å². The first-order chi connectivity index (χ1) is 14.0. The van der Waals surface area contributed by atoms with Crippen molar-refractivity contribution in [3.8, 4) is 0 Å². The molecule has 3 rings (SSSR count). The van der Waals surface area contributed by atoms with Crippen molar-refractivity contribution < 1.29 is 14.5 Å². The van der Waals surface area contributed by atoms with Gasteiger partial charge in [0.15, 0.2) is 0 Å². The smallest absolute Gasteiger partial charge is 0.273 e. The Morgan fingerprint density at radius 1 is 1.03 bits per heavy atom. The summed E-state index contributed by atoms with van der Waals surface area (Å²) in [7, 11) is 0. The molecule has 3 aromatic rings. The molecule has 0 fully saturated rings. The highest BCUT2D eigenvalue weighted by Crippen LogP contribution is 2.21. The van der Waals surface area contributed by atoms with Crippen LogP contribution in [0.5, 0.6) is 0 Å². The normalized spacial score (nSPS) is 10.2. The summed E-state index contributed by atoms with van der Waals surface area (Å²) in [5.41, 5.74) is 2.31. The van der Waals surface area contributed by atoms with Crippen molar-refractivity contribution in [1.82, 2.24) is 10.3 Å². The number of aromatic nitrogens is 1.